The van der Waals surface area contributed by atoms with E-state index in [2.05, 4.69) is 39.3 Å². The van der Waals surface area contributed by atoms with Crippen molar-refractivity contribution in [2.45, 2.75) is 53.3 Å². The molecule has 0 radical (unpaired) electrons. The number of alkyl halides is 2. The van der Waals surface area contributed by atoms with E-state index in [1.54, 1.807) is 12.1 Å². The molecule has 28 heavy (non-hydrogen) atoms. The van der Waals surface area contributed by atoms with Crippen LogP contribution in [0, 0.1) is 13.8 Å². The molecule has 154 valence electrons. The predicted octanol–water partition coefficient (Wildman–Crippen LogP) is 3.32. The van der Waals surface area contributed by atoms with E-state index in [4.69, 9.17) is 0 Å². The molecule has 6 nitrogen and oxygen atoms in total. The highest BCUT2D eigenvalue weighted by Crippen LogP contribution is 2.17. The number of ether oxygens (including phenoxy) is 1. The third kappa shape index (κ3) is 6.21. The highest BCUT2D eigenvalue weighted by Gasteiger charge is 2.14. The van der Waals surface area contributed by atoms with Crippen molar-refractivity contribution >= 4 is 5.96 Å². The van der Waals surface area contributed by atoms with Crippen LogP contribution in [-0.4, -0.2) is 34.9 Å². The van der Waals surface area contributed by atoms with Gasteiger partial charge in [0.15, 0.2) is 5.96 Å². The molecule has 1 aromatic carbocycles. The summed E-state index contributed by atoms with van der Waals surface area (Å²) in [5.41, 5.74) is 4.22. The summed E-state index contributed by atoms with van der Waals surface area (Å²) in [4.78, 5) is 4.57. The Morgan fingerprint density at radius 3 is 2.68 bits per heavy atom. The smallest absolute Gasteiger partial charge is 0.387 e. The second-order valence-electron chi connectivity index (χ2n) is 6.74. The molecule has 1 atom stereocenters. The number of nitrogens with zero attached hydrogens (tertiary/aromatic N) is 3. The van der Waals surface area contributed by atoms with E-state index in [1.165, 1.54) is 11.6 Å². The largest absolute Gasteiger partial charge is 0.435 e. The zero-order valence-corrected chi connectivity index (χ0v) is 17.1. The van der Waals surface area contributed by atoms with Gasteiger partial charge in [0.25, 0.3) is 0 Å². The minimum Gasteiger partial charge on any atom is -0.435 e. The molecule has 1 unspecified atom stereocenters. The second kappa shape index (κ2) is 10.1. The number of guanidine groups is 1. The Labute approximate surface area is 165 Å². The minimum absolute atomic E-state index is 0.136. The molecule has 0 fully saturated rings. The van der Waals surface area contributed by atoms with Crippen LogP contribution in [0.2, 0.25) is 0 Å². The zero-order valence-electron chi connectivity index (χ0n) is 17.1. The summed E-state index contributed by atoms with van der Waals surface area (Å²) in [6.45, 7) is 6.41. The number of rotatable bonds is 8. The van der Waals surface area contributed by atoms with Gasteiger partial charge in [-0.1, -0.05) is 12.1 Å². The van der Waals surface area contributed by atoms with Crippen molar-refractivity contribution < 1.29 is 13.5 Å². The van der Waals surface area contributed by atoms with E-state index in [9.17, 15) is 8.78 Å². The maximum absolute atomic E-state index is 12.4. The van der Waals surface area contributed by atoms with E-state index in [0.717, 1.165) is 29.9 Å². The van der Waals surface area contributed by atoms with Gasteiger partial charge in [-0.25, -0.2) is 4.99 Å². The van der Waals surface area contributed by atoms with Gasteiger partial charge < -0.3 is 15.4 Å². The molecule has 0 aliphatic rings. The first kappa shape index (κ1) is 21.7. The third-order valence-electron chi connectivity index (χ3n) is 4.44. The topological polar surface area (TPSA) is 63.5 Å². The fourth-order valence-corrected chi connectivity index (χ4v) is 3.01. The van der Waals surface area contributed by atoms with Gasteiger partial charge in [0.1, 0.15) is 5.75 Å². The SMILES string of the molecule is CCNC(=NCc1cccc(OC(F)F)c1)NC(C)Cc1c(C)nn(C)c1C. The third-order valence-corrected chi connectivity index (χ3v) is 4.44. The number of benzene rings is 1. The van der Waals surface area contributed by atoms with Crippen LogP contribution < -0.4 is 15.4 Å². The number of aliphatic imine (C=N–C) groups is 1. The highest BCUT2D eigenvalue weighted by molar-refractivity contribution is 5.80. The van der Waals surface area contributed by atoms with Gasteiger partial charge in [-0.3, -0.25) is 4.68 Å². The molecule has 2 aromatic rings. The number of halogens is 2. The van der Waals surface area contributed by atoms with Gasteiger partial charge >= 0.3 is 6.61 Å². The first-order chi connectivity index (χ1) is 13.3. The molecular weight excluding hydrogens is 364 g/mol. The fraction of sp³-hybridized carbons (Fsp3) is 0.500. The van der Waals surface area contributed by atoms with Gasteiger partial charge in [-0.15, -0.1) is 0 Å². The van der Waals surface area contributed by atoms with Crippen molar-refractivity contribution in [3.05, 3.63) is 46.8 Å². The van der Waals surface area contributed by atoms with Gasteiger partial charge in [0.2, 0.25) is 0 Å². The Kier molecular flexibility index (Phi) is 7.78. The lowest BCUT2D eigenvalue weighted by Gasteiger charge is -2.18. The first-order valence-electron chi connectivity index (χ1n) is 9.37. The monoisotopic (exact) mass is 393 g/mol. The Morgan fingerprint density at radius 1 is 1.32 bits per heavy atom. The molecule has 0 spiro atoms. The maximum Gasteiger partial charge on any atom is 0.387 e. The molecule has 0 aliphatic heterocycles. The normalized spacial score (nSPS) is 12.9. The van der Waals surface area contributed by atoms with Crippen LogP contribution in [-0.2, 0) is 20.0 Å². The fourth-order valence-electron chi connectivity index (χ4n) is 3.01. The van der Waals surface area contributed by atoms with Crippen LogP contribution in [0.3, 0.4) is 0 Å². The Morgan fingerprint density at radius 2 is 2.07 bits per heavy atom. The van der Waals surface area contributed by atoms with Crippen molar-refractivity contribution in [1.29, 1.82) is 0 Å². The molecule has 0 saturated carbocycles. The lowest BCUT2D eigenvalue weighted by molar-refractivity contribution is -0.0498. The molecular formula is C20H29F2N5O. The molecule has 8 heteroatoms. The Hall–Kier alpha value is -2.64. The van der Waals surface area contributed by atoms with Gasteiger partial charge in [-0.05, 0) is 57.4 Å². The highest BCUT2D eigenvalue weighted by atomic mass is 19.3. The van der Waals surface area contributed by atoms with Crippen LogP contribution in [0.1, 0.15) is 36.4 Å². The molecule has 1 heterocycles. The molecule has 2 N–H and O–H groups in total. The molecule has 2 rings (SSSR count). The molecule has 0 bridgehead atoms. The van der Waals surface area contributed by atoms with Crippen LogP contribution in [0.4, 0.5) is 8.78 Å². The van der Waals surface area contributed by atoms with Gasteiger partial charge in [0.05, 0.1) is 12.2 Å². The number of aryl methyl sites for hydroxylation is 2. The Bertz CT molecular complexity index is 804. The number of hydrogen-bond donors (Lipinski definition) is 2. The summed E-state index contributed by atoms with van der Waals surface area (Å²) in [6, 6.07) is 6.73. The average molecular weight is 393 g/mol. The summed E-state index contributed by atoms with van der Waals surface area (Å²) in [7, 11) is 1.95. The summed E-state index contributed by atoms with van der Waals surface area (Å²) < 4.78 is 31.1. The Balaban J connectivity index is 2.03. The summed E-state index contributed by atoms with van der Waals surface area (Å²) in [5, 5.41) is 11.1. The van der Waals surface area contributed by atoms with Gasteiger partial charge in [-0.2, -0.15) is 13.9 Å². The average Bonchev–Trinajstić information content (AvgIpc) is 2.86. The van der Waals surface area contributed by atoms with Crippen molar-refractivity contribution in [1.82, 2.24) is 20.4 Å². The zero-order chi connectivity index (χ0) is 20.7. The number of hydrogen-bond acceptors (Lipinski definition) is 3. The molecule has 0 saturated heterocycles. The standard InChI is InChI=1S/C20H29F2N5O/c1-6-23-20(24-12-16-8-7-9-17(11-16)28-19(21)22)25-13(2)10-18-14(3)26-27(5)15(18)4/h7-9,11,13,19H,6,10,12H2,1-5H3,(H2,23,24,25). The van der Waals surface area contributed by atoms with Crippen molar-refractivity contribution in [3.63, 3.8) is 0 Å². The quantitative estimate of drug-likeness (QED) is 0.533. The van der Waals surface area contributed by atoms with Crippen molar-refractivity contribution in [2.24, 2.45) is 12.0 Å². The summed E-state index contributed by atoms with van der Waals surface area (Å²) in [6.07, 6.45) is 0.827. The molecule has 1 aromatic heterocycles. The summed E-state index contributed by atoms with van der Waals surface area (Å²) >= 11 is 0. The number of nitrogens with one attached hydrogen (secondary N) is 2. The predicted molar refractivity (Wildman–Crippen MR) is 107 cm³/mol. The molecule has 0 aliphatic carbocycles. The summed E-state index contributed by atoms with van der Waals surface area (Å²) in [5.74, 6) is 0.811. The van der Waals surface area contributed by atoms with E-state index >= 15 is 0 Å². The molecule has 0 amide bonds. The van der Waals surface area contributed by atoms with E-state index < -0.39 is 6.61 Å². The van der Waals surface area contributed by atoms with Crippen LogP contribution in [0.5, 0.6) is 5.75 Å². The maximum atomic E-state index is 12.4. The lowest BCUT2D eigenvalue weighted by Crippen LogP contribution is -2.43. The van der Waals surface area contributed by atoms with Crippen molar-refractivity contribution in [2.75, 3.05) is 6.54 Å². The minimum atomic E-state index is -2.84. The number of aromatic nitrogens is 2. The van der Waals surface area contributed by atoms with E-state index in [1.807, 2.05) is 31.6 Å². The van der Waals surface area contributed by atoms with Crippen molar-refractivity contribution in [3.8, 4) is 5.75 Å². The lowest BCUT2D eigenvalue weighted by atomic mass is 10.1. The van der Waals surface area contributed by atoms with E-state index in [-0.39, 0.29) is 11.8 Å². The van der Waals surface area contributed by atoms with Crippen LogP contribution in [0.25, 0.3) is 0 Å². The second-order valence-corrected chi connectivity index (χ2v) is 6.74. The van der Waals surface area contributed by atoms with Crippen LogP contribution in [0.15, 0.2) is 29.3 Å². The first-order valence-corrected chi connectivity index (χ1v) is 9.37. The van der Waals surface area contributed by atoms with Gasteiger partial charge in [0, 0.05) is 25.3 Å². The van der Waals surface area contributed by atoms with Crippen LogP contribution >= 0.6 is 0 Å². The van der Waals surface area contributed by atoms with E-state index in [0.29, 0.717) is 12.5 Å².